The van der Waals surface area contributed by atoms with Crippen LogP contribution in [0.3, 0.4) is 0 Å². The van der Waals surface area contributed by atoms with Gasteiger partial charge in [0.05, 0.1) is 23.5 Å². The zero-order valence-corrected chi connectivity index (χ0v) is 40.5. The first kappa shape index (κ1) is 51.5. The Morgan fingerprint density at radius 1 is 0.838 bits per heavy atom. The highest BCUT2D eigenvalue weighted by Gasteiger charge is 2.79. The van der Waals surface area contributed by atoms with Crippen molar-refractivity contribution in [3.05, 3.63) is 82.9 Å². The van der Waals surface area contributed by atoms with Gasteiger partial charge in [0.15, 0.2) is 17.5 Å². The summed E-state index contributed by atoms with van der Waals surface area (Å²) in [6.07, 6.45) is -14.3. The number of benzene rings is 2. The van der Waals surface area contributed by atoms with Gasteiger partial charge in [-0.3, -0.25) is 14.4 Å². The first-order chi connectivity index (χ1) is 31.5. The van der Waals surface area contributed by atoms with E-state index < -0.39 is 143 Å². The van der Waals surface area contributed by atoms with Gasteiger partial charge in [-0.25, -0.2) is 23.6 Å². The van der Waals surface area contributed by atoms with Crippen LogP contribution < -0.4 is 5.32 Å². The van der Waals surface area contributed by atoms with Crippen LogP contribution >= 0.6 is 0 Å². The predicted octanol–water partition coefficient (Wildman–Crippen LogP) is 6.77. The number of fused-ring (bicyclic) bond motifs is 5. The van der Waals surface area contributed by atoms with Crippen molar-refractivity contribution >= 4 is 41.9 Å². The molecule has 370 valence electrons. The maximum absolute atomic E-state index is 17.3. The highest BCUT2D eigenvalue weighted by molar-refractivity contribution is 5.95. The summed E-state index contributed by atoms with van der Waals surface area (Å²) in [6, 6.07) is 14.2. The minimum atomic E-state index is -2.53. The van der Waals surface area contributed by atoms with E-state index in [4.69, 9.17) is 37.9 Å². The van der Waals surface area contributed by atoms with Crippen molar-refractivity contribution in [1.29, 1.82) is 0 Å². The molecule has 4 aliphatic rings. The molecule has 18 heteroatoms. The molecule has 2 saturated carbocycles. The Kier molecular flexibility index (Phi) is 14.1. The van der Waals surface area contributed by atoms with Gasteiger partial charge in [-0.1, -0.05) is 62.4 Å². The summed E-state index contributed by atoms with van der Waals surface area (Å²) in [5.74, 6) is -6.87. The fraction of sp³-hybridized carbons (Fsp3) is 0.580. The summed E-state index contributed by atoms with van der Waals surface area (Å²) in [7, 11) is 0. The Morgan fingerprint density at radius 3 is 1.96 bits per heavy atom. The highest BCUT2D eigenvalue weighted by Crippen LogP contribution is 2.65. The molecule has 17 nitrogen and oxygen atoms in total. The van der Waals surface area contributed by atoms with Crippen LogP contribution in [0.15, 0.2) is 71.8 Å². The molecule has 1 saturated heterocycles. The normalized spacial score (nSPS) is 30.5. The number of hydrogen-bond acceptors (Lipinski definition) is 16. The Balaban J connectivity index is 1.58. The number of halogens is 1. The predicted molar refractivity (Wildman–Crippen MR) is 237 cm³/mol. The summed E-state index contributed by atoms with van der Waals surface area (Å²) in [4.78, 5) is 98.1. The van der Waals surface area contributed by atoms with Gasteiger partial charge in [0.25, 0.3) is 0 Å². The molecule has 0 aromatic heterocycles. The first-order valence-corrected chi connectivity index (χ1v) is 22.5. The number of carbonyl (C=O) groups excluding carboxylic acids is 7. The quantitative estimate of drug-likeness (QED) is 0.142. The van der Waals surface area contributed by atoms with Crippen LogP contribution in [0.2, 0.25) is 0 Å². The number of Topliss-reactive ketones (excluding diaryl/α,β-unsaturated/α-hetero) is 1. The number of amides is 1. The SMILES string of the molecule is CC(=O)O[C@H]1C(=O)[C@]2(C)C(F)CC3OC[C@@]3(OC(C)=O)C2[C@H](OC(=O)c2ccccc2)[C@]2(O)CC(OC(=O)C(OC(=O)OC(C)(C)C)[C@@H](NC(=O)OC(C)(C)C)c3ccccc3)C(C)=C1C2(C)C. The van der Waals surface area contributed by atoms with E-state index >= 15 is 14.0 Å². The van der Waals surface area contributed by atoms with E-state index in [9.17, 15) is 29.1 Å². The maximum Gasteiger partial charge on any atom is 0.509 e. The number of ether oxygens (including phenoxy) is 8. The van der Waals surface area contributed by atoms with E-state index in [0.29, 0.717) is 0 Å². The zero-order chi connectivity index (χ0) is 50.5. The summed E-state index contributed by atoms with van der Waals surface area (Å²) < 4.78 is 64.4. The van der Waals surface area contributed by atoms with Crippen LogP contribution in [0.1, 0.15) is 118 Å². The second kappa shape index (κ2) is 18.6. The summed E-state index contributed by atoms with van der Waals surface area (Å²) in [6.45, 7) is 17.0. The van der Waals surface area contributed by atoms with E-state index in [1.54, 1.807) is 90.1 Å². The molecule has 0 spiro atoms. The van der Waals surface area contributed by atoms with Crippen molar-refractivity contribution < 1.29 is 81.0 Å². The van der Waals surface area contributed by atoms with Gasteiger partial charge in [-0.2, -0.15) is 0 Å². The van der Waals surface area contributed by atoms with Gasteiger partial charge in [-0.15, -0.1) is 0 Å². The molecule has 3 fully saturated rings. The second-order valence-corrected chi connectivity index (χ2v) is 20.7. The Bertz CT molecular complexity index is 2340. The van der Waals surface area contributed by atoms with E-state index in [1.165, 1.54) is 39.8 Å². The summed E-state index contributed by atoms with van der Waals surface area (Å²) in [5.41, 5.74) is -10.4. The third-order valence-electron chi connectivity index (χ3n) is 13.4. The van der Waals surface area contributed by atoms with Crippen LogP contribution in [0, 0.1) is 16.7 Å². The molecule has 2 aromatic rings. The number of alkyl carbamates (subject to hydrolysis) is 1. The van der Waals surface area contributed by atoms with Crippen LogP contribution in [0.5, 0.6) is 0 Å². The molecule has 2 aromatic carbocycles. The van der Waals surface area contributed by atoms with E-state index in [2.05, 4.69) is 5.32 Å². The molecular formula is C50H62FNO16. The molecule has 5 unspecified atom stereocenters. The highest BCUT2D eigenvalue weighted by atomic mass is 19.1. The molecule has 1 amide bonds. The van der Waals surface area contributed by atoms with Gasteiger partial charge >= 0.3 is 36.1 Å². The molecule has 2 bridgehead atoms. The molecule has 0 radical (unpaired) electrons. The zero-order valence-electron chi connectivity index (χ0n) is 40.5. The average Bonchev–Trinajstić information content (AvgIpc) is 3.22. The molecule has 1 aliphatic heterocycles. The molecule has 68 heavy (non-hydrogen) atoms. The third kappa shape index (κ3) is 9.71. The van der Waals surface area contributed by atoms with E-state index in [1.807, 2.05) is 0 Å². The number of ketones is 1. The fourth-order valence-electron chi connectivity index (χ4n) is 10.2. The molecule has 6 rings (SSSR count). The number of hydrogen-bond donors (Lipinski definition) is 2. The number of rotatable bonds is 10. The number of nitrogens with one attached hydrogen (secondary N) is 1. The van der Waals surface area contributed by atoms with Gasteiger partial charge < -0.3 is 48.3 Å². The van der Waals surface area contributed by atoms with Crippen LogP contribution in [-0.4, -0.2) is 113 Å². The smallest absolute Gasteiger partial charge is 0.455 e. The van der Waals surface area contributed by atoms with Crippen LogP contribution in [-0.2, 0) is 57.1 Å². The first-order valence-electron chi connectivity index (χ1n) is 22.5. The lowest BCUT2D eigenvalue weighted by Gasteiger charge is -2.67. The molecular weight excluding hydrogens is 890 g/mol. The van der Waals surface area contributed by atoms with Gasteiger partial charge in [-0.05, 0) is 84.2 Å². The van der Waals surface area contributed by atoms with Crippen molar-refractivity contribution in [3.63, 3.8) is 0 Å². The summed E-state index contributed by atoms with van der Waals surface area (Å²) >= 11 is 0. The molecule has 11 atom stereocenters. The van der Waals surface area contributed by atoms with Crippen LogP contribution in [0.4, 0.5) is 14.0 Å². The summed E-state index contributed by atoms with van der Waals surface area (Å²) in [5, 5.41) is 16.4. The Labute approximate surface area is 394 Å². The lowest BCUT2D eigenvalue weighted by molar-refractivity contribution is -0.341. The van der Waals surface area contributed by atoms with Crippen molar-refractivity contribution in [3.8, 4) is 0 Å². The topological polar surface area (TPSA) is 226 Å². The minimum Gasteiger partial charge on any atom is -0.455 e. The third-order valence-corrected chi connectivity index (χ3v) is 13.4. The van der Waals surface area contributed by atoms with E-state index in [0.717, 1.165) is 13.8 Å². The average molecular weight is 952 g/mol. The largest absolute Gasteiger partial charge is 0.509 e. The number of carbonyl (C=O) groups is 7. The van der Waals surface area contributed by atoms with Gasteiger partial charge in [0.2, 0.25) is 6.10 Å². The van der Waals surface area contributed by atoms with Gasteiger partial charge in [0.1, 0.15) is 47.3 Å². The second-order valence-electron chi connectivity index (χ2n) is 20.7. The maximum atomic E-state index is 17.3. The minimum absolute atomic E-state index is 0.00893. The van der Waals surface area contributed by atoms with E-state index in [-0.39, 0.29) is 22.3 Å². The number of alkyl halides is 1. The monoisotopic (exact) mass is 951 g/mol. The molecule has 2 N–H and O–H groups in total. The standard InChI is InChI=1S/C50H62FNO16/c1-26-31(63-42(57)37(64-44(59)68-46(7,8)9)35(29-19-15-13-16-20-29)52-43(58)67-45(4,5)6)24-50(60)40(65-41(56)30-21-17-14-18-22-30)38-48(12,32(51)23-33-49(38,25-61-33)66-28(3)54)39(55)36(62-27(2)53)34(26)47(50,10)11/h13-22,31-33,35-38,40,60H,23-25H2,1-12H3,(H,52,58)/t31?,32?,33?,35-,36+,37?,38?,40-,48+,49-,50+/m0/s1. The molecule has 1 heterocycles. The lowest BCUT2D eigenvalue weighted by atomic mass is 9.45. The lowest BCUT2D eigenvalue weighted by Crippen LogP contribution is -2.81. The van der Waals surface area contributed by atoms with Gasteiger partial charge in [0, 0.05) is 32.1 Å². The Morgan fingerprint density at radius 2 is 1.43 bits per heavy atom. The van der Waals surface area contributed by atoms with Crippen molar-refractivity contribution in [1.82, 2.24) is 5.32 Å². The van der Waals surface area contributed by atoms with Crippen molar-refractivity contribution in [2.45, 2.75) is 161 Å². The van der Waals surface area contributed by atoms with Crippen LogP contribution in [0.25, 0.3) is 0 Å². The molecule has 3 aliphatic carbocycles. The van der Waals surface area contributed by atoms with Crippen molar-refractivity contribution in [2.24, 2.45) is 16.7 Å². The van der Waals surface area contributed by atoms with Crippen molar-refractivity contribution in [2.75, 3.05) is 6.61 Å². The number of aliphatic hydroxyl groups is 1. The number of esters is 4. The fourth-order valence-corrected chi connectivity index (χ4v) is 10.2. The Hall–Kier alpha value is -5.88.